The molecule has 4 rings (SSSR count). The van der Waals surface area contributed by atoms with Crippen molar-refractivity contribution < 1.29 is 27.5 Å². The number of rotatable bonds is 12. The van der Waals surface area contributed by atoms with Crippen molar-refractivity contribution in [1.29, 1.82) is 0 Å². The number of carbonyl (C=O) groups excluding carboxylic acids is 2. The van der Waals surface area contributed by atoms with Gasteiger partial charge in [-0.05, 0) is 23.8 Å². The van der Waals surface area contributed by atoms with Gasteiger partial charge in [0.25, 0.3) is 10.0 Å². The van der Waals surface area contributed by atoms with Crippen LogP contribution in [0.3, 0.4) is 0 Å². The Balaban J connectivity index is 1.29. The van der Waals surface area contributed by atoms with E-state index in [1.807, 2.05) is 30.3 Å². The van der Waals surface area contributed by atoms with Crippen LogP contribution in [0.4, 0.5) is 0 Å². The second kappa shape index (κ2) is 12.3. The first-order valence-corrected chi connectivity index (χ1v) is 14.7. The molecule has 2 aromatic carbocycles. The Morgan fingerprint density at radius 3 is 2.74 bits per heavy atom. The summed E-state index contributed by atoms with van der Waals surface area (Å²) in [7, 11) is -2.61. The molecule has 1 unspecified atom stereocenters. The minimum Gasteiger partial charge on any atom is -0.487 e. The van der Waals surface area contributed by atoms with E-state index in [1.54, 1.807) is 24.4 Å². The Labute approximate surface area is 226 Å². The molecule has 2 aromatic heterocycles. The SMILES string of the molecule is COC(=O)C(CSCc1ccccc1)NC(=O)Cn1cc(COc2ccc3nc(S(N)(=O)=O)sc3c2)nn1. The molecule has 0 bridgehead atoms. The fraction of sp³-hybridized carbons (Fsp3) is 0.261. The molecule has 38 heavy (non-hydrogen) atoms. The summed E-state index contributed by atoms with van der Waals surface area (Å²) in [6, 6.07) is 13.9. The summed E-state index contributed by atoms with van der Waals surface area (Å²) in [4.78, 5) is 28.7. The average Bonchev–Trinajstić information content (AvgIpc) is 3.53. The summed E-state index contributed by atoms with van der Waals surface area (Å²) in [6.07, 6.45) is 1.56. The maximum atomic E-state index is 12.6. The van der Waals surface area contributed by atoms with Crippen LogP contribution in [-0.4, -0.2) is 59.2 Å². The number of carbonyl (C=O) groups is 2. The van der Waals surface area contributed by atoms with Gasteiger partial charge in [-0.1, -0.05) is 35.5 Å². The number of nitrogens with two attached hydrogens (primary N) is 1. The molecule has 15 heteroatoms. The van der Waals surface area contributed by atoms with Crippen molar-refractivity contribution in [3.05, 3.63) is 66.0 Å². The molecule has 0 saturated heterocycles. The van der Waals surface area contributed by atoms with E-state index in [0.717, 1.165) is 16.9 Å². The number of primary sulfonamides is 1. The van der Waals surface area contributed by atoms with Gasteiger partial charge in [-0.15, -0.1) is 16.4 Å². The minimum atomic E-state index is -3.88. The third-order valence-electron chi connectivity index (χ3n) is 5.08. The monoisotopic (exact) mass is 576 g/mol. The third kappa shape index (κ3) is 7.50. The quantitative estimate of drug-likeness (QED) is 0.237. The number of amides is 1. The van der Waals surface area contributed by atoms with Crippen molar-refractivity contribution in [3.63, 3.8) is 0 Å². The van der Waals surface area contributed by atoms with E-state index >= 15 is 0 Å². The van der Waals surface area contributed by atoms with Gasteiger partial charge in [0.2, 0.25) is 10.2 Å². The summed E-state index contributed by atoms with van der Waals surface area (Å²) in [6.45, 7) is -0.0815. The molecule has 1 amide bonds. The number of esters is 1. The molecule has 0 fully saturated rings. The zero-order chi connectivity index (χ0) is 27.1. The summed E-state index contributed by atoms with van der Waals surface area (Å²) in [5.41, 5.74) is 2.08. The third-order valence-corrected chi connectivity index (χ3v) is 8.52. The number of thiazole rings is 1. The first-order valence-electron chi connectivity index (χ1n) is 11.2. The van der Waals surface area contributed by atoms with E-state index in [-0.39, 0.29) is 17.5 Å². The fourth-order valence-electron chi connectivity index (χ4n) is 3.30. The zero-order valence-corrected chi connectivity index (χ0v) is 22.6. The van der Waals surface area contributed by atoms with Crippen LogP contribution < -0.4 is 15.2 Å². The molecule has 0 aliphatic heterocycles. The van der Waals surface area contributed by atoms with E-state index in [1.165, 1.54) is 23.6 Å². The number of nitrogens with one attached hydrogen (secondary N) is 1. The fourth-order valence-corrected chi connectivity index (χ4v) is 5.99. The Kier molecular flexibility index (Phi) is 8.93. The predicted molar refractivity (Wildman–Crippen MR) is 142 cm³/mol. The number of benzene rings is 2. The second-order valence-electron chi connectivity index (χ2n) is 7.99. The van der Waals surface area contributed by atoms with E-state index in [4.69, 9.17) is 14.6 Å². The molecule has 200 valence electrons. The van der Waals surface area contributed by atoms with Crippen LogP contribution in [0, 0.1) is 0 Å². The van der Waals surface area contributed by atoms with E-state index < -0.39 is 27.9 Å². The predicted octanol–water partition coefficient (Wildman–Crippen LogP) is 1.71. The van der Waals surface area contributed by atoms with Gasteiger partial charge in [-0.2, -0.15) is 11.8 Å². The Hall–Kier alpha value is -3.53. The van der Waals surface area contributed by atoms with Gasteiger partial charge in [0, 0.05) is 11.5 Å². The van der Waals surface area contributed by atoms with Crippen LogP contribution in [0.25, 0.3) is 10.2 Å². The van der Waals surface area contributed by atoms with Crippen LogP contribution in [0.2, 0.25) is 0 Å². The number of methoxy groups -OCH3 is 1. The normalized spacial score (nSPS) is 12.3. The first-order chi connectivity index (χ1) is 18.2. The van der Waals surface area contributed by atoms with Gasteiger partial charge in [0.1, 0.15) is 30.6 Å². The summed E-state index contributed by atoms with van der Waals surface area (Å²) < 4.78 is 35.3. The Morgan fingerprint density at radius 2 is 2.00 bits per heavy atom. The van der Waals surface area contributed by atoms with E-state index in [0.29, 0.717) is 33.2 Å². The van der Waals surface area contributed by atoms with E-state index in [2.05, 4.69) is 20.6 Å². The molecule has 4 aromatic rings. The molecule has 12 nitrogen and oxygen atoms in total. The molecule has 3 N–H and O–H groups in total. The number of hydrogen-bond acceptors (Lipinski definition) is 11. The van der Waals surface area contributed by atoms with Gasteiger partial charge in [0.15, 0.2) is 0 Å². The molecule has 0 aliphatic carbocycles. The maximum absolute atomic E-state index is 12.6. The summed E-state index contributed by atoms with van der Waals surface area (Å²) in [5.74, 6) is 0.579. The lowest BCUT2D eigenvalue weighted by Crippen LogP contribution is -2.44. The second-order valence-corrected chi connectivity index (χ2v) is 11.8. The molecular weight excluding hydrogens is 552 g/mol. The number of sulfonamides is 1. The van der Waals surface area contributed by atoms with Crippen molar-refractivity contribution in [3.8, 4) is 5.75 Å². The molecule has 1 atom stereocenters. The Morgan fingerprint density at radius 1 is 1.21 bits per heavy atom. The van der Waals surface area contributed by atoms with Crippen molar-refractivity contribution in [2.45, 2.75) is 29.3 Å². The molecular formula is C23H24N6O6S3. The molecule has 0 aliphatic rings. The zero-order valence-electron chi connectivity index (χ0n) is 20.1. The minimum absolute atomic E-state index is 0.0644. The standard InChI is InChI=1S/C23H24N6O6S3/c1-34-22(31)19(14-36-13-15-5-3-2-4-6-15)25-21(30)11-29-10-16(27-28-29)12-35-17-7-8-18-20(9-17)37-23(26-18)38(24,32)33/h2-10,19H,11-14H2,1H3,(H,25,30)(H2,24,32,33). The van der Waals surface area contributed by atoms with Gasteiger partial charge in [-0.25, -0.2) is 28.0 Å². The van der Waals surface area contributed by atoms with E-state index in [9.17, 15) is 18.0 Å². The highest BCUT2D eigenvalue weighted by atomic mass is 32.2. The number of aromatic nitrogens is 4. The number of nitrogens with zero attached hydrogens (tertiary/aromatic N) is 4. The van der Waals surface area contributed by atoms with Gasteiger partial charge in [0.05, 0.1) is 23.5 Å². The van der Waals surface area contributed by atoms with Crippen LogP contribution in [0.5, 0.6) is 5.75 Å². The Bertz CT molecular complexity index is 1520. The smallest absolute Gasteiger partial charge is 0.329 e. The maximum Gasteiger partial charge on any atom is 0.329 e. The van der Waals surface area contributed by atoms with Gasteiger partial charge >= 0.3 is 5.97 Å². The summed E-state index contributed by atoms with van der Waals surface area (Å²) in [5, 5.41) is 15.8. The van der Waals surface area contributed by atoms with Crippen molar-refractivity contribution in [2.75, 3.05) is 12.9 Å². The number of hydrogen-bond donors (Lipinski definition) is 2. The lowest BCUT2D eigenvalue weighted by molar-refractivity contribution is -0.144. The summed E-state index contributed by atoms with van der Waals surface area (Å²) >= 11 is 2.46. The average molecular weight is 577 g/mol. The van der Waals surface area contributed by atoms with Crippen molar-refractivity contribution in [1.82, 2.24) is 25.3 Å². The van der Waals surface area contributed by atoms with Crippen LogP contribution in [0.1, 0.15) is 11.3 Å². The highest BCUT2D eigenvalue weighted by Gasteiger charge is 2.22. The number of ether oxygens (including phenoxy) is 2. The molecule has 0 radical (unpaired) electrons. The lowest BCUT2D eigenvalue weighted by Gasteiger charge is -2.16. The molecule has 0 saturated carbocycles. The first kappa shape index (κ1) is 27.5. The number of thioether (sulfide) groups is 1. The topological polar surface area (TPSA) is 168 Å². The van der Waals surface area contributed by atoms with Crippen LogP contribution in [0.15, 0.2) is 59.1 Å². The number of fused-ring (bicyclic) bond motifs is 1. The largest absolute Gasteiger partial charge is 0.487 e. The van der Waals surface area contributed by atoms with Crippen molar-refractivity contribution >= 4 is 55.2 Å². The molecule has 2 heterocycles. The van der Waals surface area contributed by atoms with Crippen molar-refractivity contribution in [2.24, 2.45) is 5.14 Å². The van der Waals surface area contributed by atoms with Gasteiger partial charge < -0.3 is 14.8 Å². The lowest BCUT2D eigenvalue weighted by atomic mass is 10.2. The van der Waals surface area contributed by atoms with Crippen LogP contribution in [-0.2, 0) is 43.3 Å². The highest BCUT2D eigenvalue weighted by molar-refractivity contribution is 7.98. The molecule has 0 spiro atoms. The highest BCUT2D eigenvalue weighted by Crippen LogP contribution is 2.28. The van der Waals surface area contributed by atoms with Gasteiger partial charge in [-0.3, -0.25) is 4.79 Å². The van der Waals surface area contributed by atoms with Crippen LogP contribution >= 0.6 is 23.1 Å².